The quantitative estimate of drug-likeness (QED) is 0.753. The van der Waals surface area contributed by atoms with Gasteiger partial charge in [-0.15, -0.1) is 0 Å². The summed E-state index contributed by atoms with van der Waals surface area (Å²) < 4.78 is 26.6. The fraction of sp³-hybridized carbons (Fsp3) is 0.533. The number of amides is 1. The van der Waals surface area contributed by atoms with Crippen LogP contribution in [0.1, 0.15) is 49.9 Å². The second-order valence-electron chi connectivity index (χ2n) is 4.98. The molecule has 1 unspecified atom stereocenters. The smallest absolute Gasteiger partial charge is 0.251 e. The highest BCUT2D eigenvalue weighted by Crippen LogP contribution is 2.17. The first-order valence-electron chi connectivity index (χ1n) is 7.02. The van der Waals surface area contributed by atoms with E-state index in [2.05, 4.69) is 19.2 Å². The number of benzene rings is 1. The molecule has 0 aliphatic carbocycles. The van der Waals surface area contributed by atoms with Gasteiger partial charge in [-0.1, -0.05) is 33.1 Å². The molecule has 3 N–H and O–H groups in total. The molecule has 5 heteroatoms. The Hall–Kier alpha value is -1.65. The number of anilines is 1. The summed E-state index contributed by atoms with van der Waals surface area (Å²) in [6.45, 7) is 4.70. The summed E-state index contributed by atoms with van der Waals surface area (Å²) in [4.78, 5) is 11.9. The van der Waals surface area contributed by atoms with Crippen LogP contribution >= 0.6 is 0 Å². The lowest BCUT2D eigenvalue weighted by Crippen LogP contribution is -2.29. The predicted molar refractivity (Wildman–Crippen MR) is 76.4 cm³/mol. The number of nitrogens with one attached hydrogen (secondary N) is 1. The minimum atomic E-state index is -0.909. The van der Waals surface area contributed by atoms with Gasteiger partial charge >= 0.3 is 0 Å². The molecule has 112 valence electrons. The number of nitrogens with two attached hydrogens (primary N) is 1. The van der Waals surface area contributed by atoms with Crippen molar-refractivity contribution in [2.75, 3.05) is 12.3 Å². The average molecular weight is 284 g/mol. The van der Waals surface area contributed by atoms with Gasteiger partial charge in [0, 0.05) is 12.1 Å². The number of carbonyl (C=O) groups excluding carboxylic acids is 1. The largest absolute Gasteiger partial charge is 0.394 e. The van der Waals surface area contributed by atoms with Crippen LogP contribution < -0.4 is 11.1 Å². The second-order valence-corrected chi connectivity index (χ2v) is 4.98. The Morgan fingerprint density at radius 1 is 1.30 bits per heavy atom. The van der Waals surface area contributed by atoms with Gasteiger partial charge in [0.2, 0.25) is 0 Å². The van der Waals surface area contributed by atoms with E-state index in [1.807, 2.05) is 0 Å². The first-order chi connectivity index (χ1) is 9.49. The zero-order chi connectivity index (χ0) is 15.1. The third kappa shape index (κ3) is 4.47. The molecule has 20 heavy (non-hydrogen) atoms. The van der Waals surface area contributed by atoms with E-state index in [0.29, 0.717) is 12.5 Å². The van der Waals surface area contributed by atoms with E-state index in [9.17, 15) is 13.6 Å². The van der Waals surface area contributed by atoms with Crippen LogP contribution in [0.25, 0.3) is 0 Å². The number of nitrogen functional groups attached to an aromatic ring is 1. The van der Waals surface area contributed by atoms with Crippen LogP contribution in [0.15, 0.2) is 12.1 Å². The van der Waals surface area contributed by atoms with Crippen molar-refractivity contribution >= 4 is 11.6 Å². The standard InChI is InChI=1S/C15H22F2N2O/c1-3-5-6-10(4-2)9-19-15(20)11-7-12(16)14(18)13(17)8-11/h7-8,10H,3-6,9,18H2,1-2H3,(H,19,20). The molecule has 1 aromatic carbocycles. The molecule has 0 aliphatic rings. The summed E-state index contributed by atoms with van der Waals surface area (Å²) in [7, 11) is 0. The van der Waals surface area contributed by atoms with Crippen LogP contribution in [-0.4, -0.2) is 12.5 Å². The maximum Gasteiger partial charge on any atom is 0.251 e. The first-order valence-corrected chi connectivity index (χ1v) is 7.02. The topological polar surface area (TPSA) is 55.1 Å². The minimum absolute atomic E-state index is 0.0421. The third-order valence-electron chi connectivity index (χ3n) is 3.44. The summed E-state index contributed by atoms with van der Waals surface area (Å²) in [6, 6.07) is 1.92. The van der Waals surface area contributed by atoms with Gasteiger partial charge in [-0.05, 0) is 24.5 Å². The summed E-state index contributed by atoms with van der Waals surface area (Å²) in [6.07, 6.45) is 4.22. The number of hydrogen-bond acceptors (Lipinski definition) is 2. The Morgan fingerprint density at radius 3 is 2.40 bits per heavy atom. The summed E-state index contributed by atoms with van der Waals surface area (Å²) in [5.74, 6) is -1.90. The Balaban J connectivity index is 2.62. The molecule has 1 amide bonds. The van der Waals surface area contributed by atoms with Crippen molar-refractivity contribution in [1.82, 2.24) is 5.32 Å². The van der Waals surface area contributed by atoms with Crippen LogP contribution in [0.3, 0.4) is 0 Å². The monoisotopic (exact) mass is 284 g/mol. The van der Waals surface area contributed by atoms with Crippen molar-refractivity contribution in [2.24, 2.45) is 5.92 Å². The van der Waals surface area contributed by atoms with Crippen LogP contribution in [0.2, 0.25) is 0 Å². The van der Waals surface area contributed by atoms with Crippen molar-refractivity contribution in [3.8, 4) is 0 Å². The fourth-order valence-electron chi connectivity index (χ4n) is 2.00. The van der Waals surface area contributed by atoms with E-state index in [4.69, 9.17) is 5.73 Å². The van der Waals surface area contributed by atoms with Crippen molar-refractivity contribution in [3.63, 3.8) is 0 Å². The lowest BCUT2D eigenvalue weighted by atomic mass is 9.99. The first kappa shape index (κ1) is 16.4. The third-order valence-corrected chi connectivity index (χ3v) is 3.44. The molecule has 0 spiro atoms. The van der Waals surface area contributed by atoms with Gasteiger partial charge in [0.15, 0.2) is 0 Å². The second kappa shape index (κ2) is 7.82. The van der Waals surface area contributed by atoms with Crippen molar-refractivity contribution < 1.29 is 13.6 Å². The molecule has 0 heterocycles. The molecule has 1 rings (SSSR count). The summed E-state index contributed by atoms with van der Waals surface area (Å²) in [5.41, 5.74) is 4.57. The van der Waals surface area contributed by atoms with E-state index in [0.717, 1.165) is 37.8 Å². The molecule has 1 aromatic rings. The van der Waals surface area contributed by atoms with Gasteiger partial charge in [0.1, 0.15) is 17.3 Å². The van der Waals surface area contributed by atoms with Gasteiger partial charge in [-0.2, -0.15) is 0 Å². The van der Waals surface area contributed by atoms with Gasteiger partial charge in [-0.25, -0.2) is 8.78 Å². The molecular formula is C15H22F2N2O. The average Bonchev–Trinajstić information content (AvgIpc) is 2.44. The zero-order valence-electron chi connectivity index (χ0n) is 12.0. The number of halogens is 2. The lowest BCUT2D eigenvalue weighted by Gasteiger charge is -2.15. The molecule has 3 nitrogen and oxygen atoms in total. The Morgan fingerprint density at radius 2 is 1.90 bits per heavy atom. The molecule has 0 aliphatic heterocycles. The SMILES string of the molecule is CCCCC(CC)CNC(=O)c1cc(F)c(N)c(F)c1. The van der Waals surface area contributed by atoms with Crippen LogP contribution in [0.4, 0.5) is 14.5 Å². The van der Waals surface area contributed by atoms with Crippen molar-refractivity contribution in [3.05, 3.63) is 29.3 Å². The number of rotatable bonds is 7. The summed E-state index contributed by atoms with van der Waals surface area (Å²) >= 11 is 0. The highest BCUT2D eigenvalue weighted by molar-refractivity contribution is 5.94. The summed E-state index contributed by atoms with van der Waals surface area (Å²) in [5, 5.41) is 2.72. The molecule has 1 atom stereocenters. The molecule has 0 aromatic heterocycles. The van der Waals surface area contributed by atoms with Crippen LogP contribution in [0.5, 0.6) is 0 Å². The maximum absolute atomic E-state index is 13.3. The van der Waals surface area contributed by atoms with E-state index in [1.54, 1.807) is 0 Å². The number of carbonyl (C=O) groups is 1. The van der Waals surface area contributed by atoms with Gasteiger partial charge in [0.25, 0.3) is 5.91 Å². The Labute approximate surface area is 118 Å². The van der Waals surface area contributed by atoms with E-state index < -0.39 is 23.2 Å². The van der Waals surface area contributed by atoms with Gasteiger partial charge in [-0.3, -0.25) is 4.79 Å². The fourth-order valence-corrected chi connectivity index (χ4v) is 2.00. The number of hydrogen-bond donors (Lipinski definition) is 2. The molecule has 0 saturated heterocycles. The number of unbranched alkanes of at least 4 members (excludes halogenated alkanes) is 1. The van der Waals surface area contributed by atoms with Crippen LogP contribution in [0, 0.1) is 17.6 Å². The van der Waals surface area contributed by atoms with Gasteiger partial charge < -0.3 is 11.1 Å². The van der Waals surface area contributed by atoms with Crippen molar-refractivity contribution in [2.45, 2.75) is 39.5 Å². The highest BCUT2D eigenvalue weighted by Gasteiger charge is 2.14. The maximum atomic E-state index is 13.3. The molecule has 0 saturated carbocycles. The normalized spacial score (nSPS) is 12.2. The van der Waals surface area contributed by atoms with E-state index >= 15 is 0 Å². The van der Waals surface area contributed by atoms with Crippen molar-refractivity contribution in [1.29, 1.82) is 0 Å². The Bertz CT molecular complexity index is 440. The predicted octanol–water partition coefficient (Wildman–Crippen LogP) is 3.49. The van der Waals surface area contributed by atoms with E-state index in [-0.39, 0.29) is 5.56 Å². The van der Waals surface area contributed by atoms with Gasteiger partial charge in [0.05, 0.1) is 0 Å². The zero-order valence-corrected chi connectivity index (χ0v) is 12.0. The molecular weight excluding hydrogens is 262 g/mol. The molecule has 0 bridgehead atoms. The van der Waals surface area contributed by atoms with Crippen LogP contribution in [-0.2, 0) is 0 Å². The minimum Gasteiger partial charge on any atom is -0.394 e. The molecule has 0 radical (unpaired) electrons. The molecule has 0 fully saturated rings. The Kier molecular flexibility index (Phi) is 6.42. The highest BCUT2D eigenvalue weighted by atomic mass is 19.1. The lowest BCUT2D eigenvalue weighted by molar-refractivity contribution is 0.0945. The van der Waals surface area contributed by atoms with E-state index in [1.165, 1.54) is 0 Å².